The first kappa shape index (κ1) is 13.4. The smallest absolute Gasteiger partial charge is 0.239 e. The van der Waals surface area contributed by atoms with E-state index in [9.17, 15) is 9.59 Å². The first-order valence-corrected chi connectivity index (χ1v) is 6.39. The molecular weight excluding hydrogens is 242 g/mol. The van der Waals surface area contributed by atoms with Gasteiger partial charge in [0.1, 0.15) is 0 Å². The number of carbonyl (C=O) groups excluding carboxylic acids is 2. The number of amides is 2. The lowest BCUT2D eigenvalue weighted by Crippen LogP contribution is -2.37. The standard InChI is InChI=1S/C14H19N3O2/c1-15-13(18)9-17(2)14(19)7-10-8-16-12-6-4-3-5-11(10)12/h3-6,10,16H,7-9H2,1-2H3,(H,15,18). The van der Waals surface area contributed by atoms with E-state index in [4.69, 9.17) is 0 Å². The van der Waals surface area contributed by atoms with Crippen molar-refractivity contribution in [3.8, 4) is 0 Å². The first-order chi connectivity index (χ1) is 9.11. The molecule has 1 heterocycles. The lowest BCUT2D eigenvalue weighted by atomic mass is 9.97. The summed E-state index contributed by atoms with van der Waals surface area (Å²) < 4.78 is 0. The summed E-state index contributed by atoms with van der Waals surface area (Å²) in [6.45, 7) is 0.885. The van der Waals surface area contributed by atoms with Gasteiger partial charge in [-0.05, 0) is 11.6 Å². The number of para-hydroxylation sites is 1. The van der Waals surface area contributed by atoms with E-state index in [2.05, 4.69) is 10.6 Å². The van der Waals surface area contributed by atoms with Crippen molar-refractivity contribution in [2.24, 2.45) is 0 Å². The van der Waals surface area contributed by atoms with E-state index < -0.39 is 0 Å². The molecule has 1 aliphatic rings. The molecular formula is C14H19N3O2. The highest BCUT2D eigenvalue weighted by atomic mass is 16.2. The van der Waals surface area contributed by atoms with Crippen LogP contribution >= 0.6 is 0 Å². The molecule has 2 amide bonds. The van der Waals surface area contributed by atoms with Gasteiger partial charge in [-0.1, -0.05) is 18.2 Å². The van der Waals surface area contributed by atoms with Gasteiger partial charge in [0.2, 0.25) is 11.8 Å². The lowest BCUT2D eigenvalue weighted by molar-refractivity contribution is -0.134. The maximum atomic E-state index is 12.1. The molecule has 1 aliphatic heterocycles. The highest BCUT2D eigenvalue weighted by Crippen LogP contribution is 2.33. The Morgan fingerprint density at radius 1 is 1.42 bits per heavy atom. The number of nitrogens with zero attached hydrogens (tertiary/aromatic N) is 1. The molecule has 5 heteroatoms. The molecule has 0 saturated carbocycles. The van der Waals surface area contributed by atoms with E-state index in [1.165, 1.54) is 10.5 Å². The fourth-order valence-electron chi connectivity index (χ4n) is 2.29. The van der Waals surface area contributed by atoms with Gasteiger partial charge in [0.25, 0.3) is 0 Å². The Hall–Kier alpha value is -2.04. The van der Waals surface area contributed by atoms with Crippen LogP contribution in [0.2, 0.25) is 0 Å². The second kappa shape index (κ2) is 5.73. The summed E-state index contributed by atoms with van der Waals surface area (Å²) in [5.74, 6) is 0.0312. The van der Waals surface area contributed by atoms with Gasteiger partial charge in [-0.3, -0.25) is 9.59 Å². The molecule has 1 atom stereocenters. The summed E-state index contributed by atoms with van der Waals surface area (Å²) in [5.41, 5.74) is 2.29. The number of likely N-dealkylation sites (N-methyl/N-ethyl adjacent to an activating group) is 2. The number of hydrogen-bond acceptors (Lipinski definition) is 3. The third-order valence-electron chi connectivity index (χ3n) is 3.45. The largest absolute Gasteiger partial charge is 0.384 e. The molecule has 102 valence electrons. The summed E-state index contributed by atoms with van der Waals surface area (Å²) in [6, 6.07) is 8.03. The van der Waals surface area contributed by atoms with Crippen molar-refractivity contribution in [1.29, 1.82) is 0 Å². The van der Waals surface area contributed by atoms with Crippen LogP contribution in [-0.2, 0) is 9.59 Å². The van der Waals surface area contributed by atoms with Crippen LogP contribution in [0.4, 0.5) is 5.69 Å². The number of fused-ring (bicyclic) bond motifs is 1. The zero-order valence-electron chi connectivity index (χ0n) is 11.3. The van der Waals surface area contributed by atoms with Crippen LogP contribution in [0.25, 0.3) is 0 Å². The van der Waals surface area contributed by atoms with Gasteiger partial charge < -0.3 is 15.5 Å². The molecule has 0 saturated heterocycles. The topological polar surface area (TPSA) is 61.4 Å². The molecule has 0 bridgehead atoms. The van der Waals surface area contributed by atoms with Gasteiger partial charge in [-0.15, -0.1) is 0 Å². The van der Waals surface area contributed by atoms with Gasteiger partial charge in [0.15, 0.2) is 0 Å². The molecule has 1 aromatic rings. The summed E-state index contributed by atoms with van der Waals surface area (Å²) >= 11 is 0. The minimum Gasteiger partial charge on any atom is -0.384 e. The quantitative estimate of drug-likeness (QED) is 0.842. The third kappa shape index (κ3) is 3.05. The fourth-order valence-corrected chi connectivity index (χ4v) is 2.29. The van der Waals surface area contributed by atoms with Gasteiger partial charge in [0.05, 0.1) is 6.54 Å². The maximum Gasteiger partial charge on any atom is 0.239 e. The van der Waals surface area contributed by atoms with Crippen molar-refractivity contribution in [2.75, 3.05) is 32.5 Å². The van der Waals surface area contributed by atoms with E-state index in [1.54, 1.807) is 14.1 Å². The van der Waals surface area contributed by atoms with Gasteiger partial charge in [-0.25, -0.2) is 0 Å². The van der Waals surface area contributed by atoms with Crippen molar-refractivity contribution >= 4 is 17.5 Å². The first-order valence-electron chi connectivity index (χ1n) is 6.39. The van der Waals surface area contributed by atoms with Crippen LogP contribution in [-0.4, -0.2) is 43.9 Å². The number of benzene rings is 1. The fraction of sp³-hybridized carbons (Fsp3) is 0.429. The second-order valence-corrected chi connectivity index (χ2v) is 4.79. The van der Waals surface area contributed by atoms with Gasteiger partial charge in [0, 0.05) is 38.7 Å². The Morgan fingerprint density at radius 3 is 2.89 bits per heavy atom. The van der Waals surface area contributed by atoms with E-state index >= 15 is 0 Å². The maximum absolute atomic E-state index is 12.1. The van der Waals surface area contributed by atoms with E-state index in [0.717, 1.165) is 12.2 Å². The van der Waals surface area contributed by atoms with Crippen molar-refractivity contribution < 1.29 is 9.59 Å². The Kier molecular flexibility index (Phi) is 4.04. The molecule has 5 nitrogen and oxygen atoms in total. The predicted molar refractivity (Wildman–Crippen MR) is 74.0 cm³/mol. The Bertz CT molecular complexity index is 487. The van der Waals surface area contributed by atoms with Crippen LogP contribution < -0.4 is 10.6 Å². The molecule has 2 rings (SSSR count). The summed E-state index contributed by atoms with van der Waals surface area (Å²) in [5, 5.41) is 5.81. The zero-order valence-corrected chi connectivity index (χ0v) is 11.3. The van der Waals surface area contributed by atoms with Crippen LogP contribution in [0.1, 0.15) is 17.9 Å². The molecule has 1 unspecified atom stereocenters. The molecule has 0 aromatic heterocycles. The Labute approximate surface area is 113 Å². The summed E-state index contributed by atoms with van der Waals surface area (Å²) in [6.07, 6.45) is 0.428. The minimum atomic E-state index is -0.152. The molecule has 2 N–H and O–H groups in total. The Morgan fingerprint density at radius 2 is 2.16 bits per heavy atom. The van der Waals surface area contributed by atoms with Crippen LogP contribution in [0.5, 0.6) is 0 Å². The molecule has 1 aromatic carbocycles. The van der Waals surface area contributed by atoms with Crippen molar-refractivity contribution in [1.82, 2.24) is 10.2 Å². The second-order valence-electron chi connectivity index (χ2n) is 4.79. The van der Waals surface area contributed by atoms with Gasteiger partial charge in [-0.2, -0.15) is 0 Å². The molecule has 0 aliphatic carbocycles. The third-order valence-corrected chi connectivity index (χ3v) is 3.45. The van der Waals surface area contributed by atoms with Gasteiger partial charge >= 0.3 is 0 Å². The number of nitrogens with one attached hydrogen (secondary N) is 2. The summed E-state index contributed by atoms with van der Waals surface area (Å²) in [4.78, 5) is 24.8. The molecule has 0 fully saturated rings. The molecule has 19 heavy (non-hydrogen) atoms. The van der Waals surface area contributed by atoms with Crippen molar-refractivity contribution in [2.45, 2.75) is 12.3 Å². The summed E-state index contributed by atoms with van der Waals surface area (Å²) in [7, 11) is 3.23. The van der Waals surface area contributed by atoms with E-state index in [0.29, 0.717) is 6.42 Å². The number of carbonyl (C=O) groups is 2. The SMILES string of the molecule is CNC(=O)CN(C)C(=O)CC1CNc2ccccc21. The molecule has 0 radical (unpaired) electrons. The number of hydrogen-bond donors (Lipinski definition) is 2. The predicted octanol–water partition coefficient (Wildman–Crippen LogP) is 0.790. The number of rotatable bonds is 4. The lowest BCUT2D eigenvalue weighted by Gasteiger charge is -2.18. The Balaban J connectivity index is 1.95. The van der Waals surface area contributed by atoms with Crippen molar-refractivity contribution in [3.63, 3.8) is 0 Å². The van der Waals surface area contributed by atoms with E-state index in [-0.39, 0.29) is 24.3 Å². The van der Waals surface area contributed by atoms with Crippen molar-refractivity contribution in [3.05, 3.63) is 29.8 Å². The highest BCUT2D eigenvalue weighted by molar-refractivity contribution is 5.85. The molecule has 0 spiro atoms. The number of anilines is 1. The normalized spacial score (nSPS) is 16.4. The minimum absolute atomic E-state index is 0.00731. The van der Waals surface area contributed by atoms with Crippen LogP contribution in [0.3, 0.4) is 0 Å². The monoisotopic (exact) mass is 261 g/mol. The zero-order chi connectivity index (χ0) is 13.8. The van der Waals surface area contributed by atoms with Crippen LogP contribution in [0.15, 0.2) is 24.3 Å². The van der Waals surface area contributed by atoms with Crippen LogP contribution in [0, 0.1) is 0 Å². The average molecular weight is 261 g/mol. The average Bonchev–Trinajstić information content (AvgIpc) is 2.82. The van der Waals surface area contributed by atoms with E-state index in [1.807, 2.05) is 24.3 Å². The highest BCUT2D eigenvalue weighted by Gasteiger charge is 2.25.